The molecule has 0 bridgehead atoms. The topological polar surface area (TPSA) is 45.7 Å². The first kappa shape index (κ1) is 21.4. The SMILES string of the molecule is CN=C(NCc1cccc(COC)c1)NCc1ccc(F)c(C)c1.I. The lowest BCUT2D eigenvalue weighted by Crippen LogP contribution is -2.36. The Bertz CT molecular complexity index is 707. The van der Waals surface area contributed by atoms with Gasteiger partial charge < -0.3 is 15.4 Å². The van der Waals surface area contributed by atoms with Crippen molar-refractivity contribution in [1.82, 2.24) is 10.6 Å². The fourth-order valence-electron chi connectivity index (χ4n) is 2.41. The molecule has 0 saturated carbocycles. The molecule has 0 aliphatic rings. The number of ether oxygens (including phenoxy) is 1. The Hall–Kier alpha value is -1.67. The largest absolute Gasteiger partial charge is 0.380 e. The van der Waals surface area contributed by atoms with Crippen LogP contribution in [0.25, 0.3) is 0 Å². The molecule has 0 fully saturated rings. The number of aryl methyl sites for hydroxylation is 1. The first-order valence-electron chi connectivity index (χ1n) is 7.88. The highest BCUT2D eigenvalue weighted by atomic mass is 127. The third-order valence-corrected chi connectivity index (χ3v) is 3.67. The van der Waals surface area contributed by atoms with E-state index in [-0.39, 0.29) is 29.8 Å². The molecule has 0 aliphatic carbocycles. The van der Waals surface area contributed by atoms with Crippen LogP contribution in [-0.2, 0) is 24.4 Å². The first-order chi connectivity index (χ1) is 11.6. The summed E-state index contributed by atoms with van der Waals surface area (Å²) in [4.78, 5) is 4.21. The van der Waals surface area contributed by atoms with Gasteiger partial charge in [0.2, 0.25) is 0 Å². The van der Waals surface area contributed by atoms with Gasteiger partial charge in [-0.25, -0.2) is 4.39 Å². The molecule has 0 saturated heterocycles. The summed E-state index contributed by atoms with van der Waals surface area (Å²) in [7, 11) is 3.42. The molecule has 0 heterocycles. The van der Waals surface area contributed by atoms with E-state index in [4.69, 9.17) is 4.74 Å². The highest BCUT2D eigenvalue weighted by molar-refractivity contribution is 14.0. The van der Waals surface area contributed by atoms with Crippen molar-refractivity contribution in [2.24, 2.45) is 4.99 Å². The Morgan fingerprint density at radius 3 is 2.28 bits per heavy atom. The molecule has 0 amide bonds. The van der Waals surface area contributed by atoms with E-state index < -0.39 is 0 Å². The van der Waals surface area contributed by atoms with Crippen molar-refractivity contribution in [3.63, 3.8) is 0 Å². The highest BCUT2D eigenvalue weighted by Crippen LogP contribution is 2.09. The van der Waals surface area contributed by atoms with Crippen molar-refractivity contribution < 1.29 is 9.13 Å². The number of guanidine groups is 1. The number of methoxy groups -OCH3 is 1. The zero-order valence-corrected chi connectivity index (χ0v) is 17.1. The molecule has 136 valence electrons. The monoisotopic (exact) mass is 457 g/mol. The second-order valence-corrected chi connectivity index (χ2v) is 5.62. The van der Waals surface area contributed by atoms with Gasteiger partial charge in [0.05, 0.1) is 6.61 Å². The average Bonchev–Trinajstić information content (AvgIpc) is 2.59. The minimum atomic E-state index is -0.183. The molecule has 2 aromatic rings. The average molecular weight is 457 g/mol. The lowest BCUT2D eigenvalue weighted by molar-refractivity contribution is 0.185. The van der Waals surface area contributed by atoms with Crippen LogP contribution >= 0.6 is 24.0 Å². The highest BCUT2D eigenvalue weighted by Gasteiger charge is 2.02. The van der Waals surface area contributed by atoms with Crippen LogP contribution in [0.4, 0.5) is 4.39 Å². The van der Waals surface area contributed by atoms with Gasteiger partial charge in [-0.2, -0.15) is 0 Å². The Balaban J connectivity index is 0.00000312. The number of nitrogens with zero attached hydrogens (tertiary/aromatic N) is 1. The summed E-state index contributed by atoms with van der Waals surface area (Å²) in [5.74, 6) is 0.520. The van der Waals surface area contributed by atoms with Gasteiger partial charge in [-0.3, -0.25) is 4.99 Å². The normalized spacial score (nSPS) is 11.0. The van der Waals surface area contributed by atoms with Crippen LogP contribution in [0.5, 0.6) is 0 Å². The van der Waals surface area contributed by atoms with E-state index >= 15 is 0 Å². The van der Waals surface area contributed by atoms with Crippen molar-refractivity contribution in [1.29, 1.82) is 0 Å². The first-order valence-corrected chi connectivity index (χ1v) is 7.88. The maximum atomic E-state index is 13.3. The zero-order valence-electron chi connectivity index (χ0n) is 14.8. The molecule has 0 aromatic heterocycles. The molecule has 0 spiro atoms. The van der Waals surface area contributed by atoms with Crippen LogP contribution in [0.15, 0.2) is 47.5 Å². The molecule has 0 radical (unpaired) electrons. The van der Waals surface area contributed by atoms with Crippen molar-refractivity contribution >= 4 is 29.9 Å². The van der Waals surface area contributed by atoms with Gasteiger partial charge in [0, 0.05) is 27.2 Å². The fraction of sp³-hybridized carbons (Fsp3) is 0.316. The molecule has 25 heavy (non-hydrogen) atoms. The molecule has 4 nitrogen and oxygen atoms in total. The smallest absolute Gasteiger partial charge is 0.191 e. The van der Waals surface area contributed by atoms with Crippen LogP contribution in [0.2, 0.25) is 0 Å². The van der Waals surface area contributed by atoms with Crippen LogP contribution < -0.4 is 10.6 Å². The number of hydrogen-bond acceptors (Lipinski definition) is 2. The summed E-state index contributed by atoms with van der Waals surface area (Å²) in [6.07, 6.45) is 0. The second kappa shape index (κ2) is 11.0. The van der Waals surface area contributed by atoms with Crippen LogP contribution in [0.1, 0.15) is 22.3 Å². The summed E-state index contributed by atoms with van der Waals surface area (Å²) in [6.45, 7) is 3.62. The van der Waals surface area contributed by atoms with Gasteiger partial charge in [-0.05, 0) is 35.2 Å². The van der Waals surface area contributed by atoms with Crippen molar-refractivity contribution in [2.45, 2.75) is 26.6 Å². The van der Waals surface area contributed by atoms with Gasteiger partial charge in [0.15, 0.2) is 5.96 Å². The Morgan fingerprint density at radius 1 is 1.04 bits per heavy atom. The molecule has 0 atom stereocenters. The maximum absolute atomic E-state index is 13.3. The predicted molar refractivity (Wildman–Crippen MR) is 111 cm³/mol. The van der Waals surface area contributed by atoms with E-state index in [1.807, 2.05) is 18.2 Å². The number of nitrogens with one attached hydrogen (secondary N) is 2. The van der Waals surface area contributed by atoms with E-state index in [9.17, 15) is 4.39 Å². The zero-order chi connectivity index (χ0) is 17.4. The van der Waals surface area contributed by atoms with Gasteiger partial charge >= 0.3 is 0 Å². The van der Waals surface area contributed by atoms with Crippen LogP contribution in [0, 0.1) is 12.7 Å². The number of hydrogen-bond donors (Lipinski definition) is 2. The third kappa shape index (κ3) is 6.99. The summed E-state index contributed by atoms with van der Waals surface area (Å²) < 4.78 is 18.4. The van der Waals surface area contributed by atoms with Gasteiger partial charge in [-0.1, -0.05) is 36.4 Å². The van der Waals surface area contributed by atoms with Crippen molar-refractivity contribution in [3.05, 3.63) is 70.5 Å². The minimum Gasteiger partial charge on any atom is -0.380 e. The second-order valence-electron chi connectivity index (χ2n) is 5.62. The number of aliphatic imine (C=N–C) groups is 1. The van der Waals surface area contributed by atoms with Crippen molar-refractivity contribution in [2.75, 3.05) is 14.2 Å². The molecule has 2 rings (SSSR count). The van der Waals surface area contributed by atoms with E-state index in [1.165, 1.54) is 6.07 Å². The minimum absolute atomic E-state index is 0. The summed E-state index contributed by atoms with van der Waals surface area (Å²) in [5.41, 5.74) is 3.96. The number of rotatable bonds is 6. The van der Waals surface area contributed by atoms with Crippen LogP contribution in [0.3, 0.4) is 0 Å². The quantitative estimate of drug-likeness (QED) is 0.395. The standard InChI is InChI=1S/C19H24FN3O.HI/c1-14-9-16(7-8-18(14)20)12-23-19(21-2)22-11-15-5-4-6-17(10-15)13-24-3;/h4-10H,11-13H2,1-3H3,(H2,21,22,23);1H. The van der Waals surface area contributed by atoms with E-state index in [2.05, 4.69) is 27.8 Å². The van der Waals surface area contributed by atoms with E-state index in [0.717, 1.165) is 16.7 Å². The lowest BCUT2D eigenvalue weighted by atomic mass is 10.1. The van der Waals surface area contributed by atoms with Gasteiger partial charge in [0.1, 0.15) is 5.82 Å². The summed E-state index contributed by atoms with van der Waals surface area (Å²) >= 11 is 0. The lowest BCUT2D eigenvalue weighted by Gasteiger charge is -2.13. The van der Waals surface area contributed by atoms with Crippen LogP contribution in [-0.4, -0.2) is 20.1 Å². The van der Waals surface area contributed by atoms with E-state index in [0.29, 0.717) is 31.2 Å². The molecule has 0 aliphatic heterocycles. The van der Waals surface area contributed by atoms with Gasteiger partial charge in [-0.15, -0.1) is 24.0 Å². The molecular formula is C19H25FIN3O. The molecule has 6 heteroatoms. The summed E-state index contributed by atoms with van der Waals surface area (Å²) in [6, 6.07) is 13.3. The van der Waals surface area contributed by atoms with Crippen molar-refractivity contribution in [3.8, 4) is 0 Å². The summed E-state index contributed by atoms with van der Waals surface area (Å²) in [5, 5.41) is 6.51. The Kier molecular flexibility index (Phi) is 9.44. The Labute approximate surface area is 165 Å². The molecule has 0 unspecified atom stereocenters. The maximum Gasteiger partial charge on any atom is 0.191 e. The Morgan fingerprint density at radius 2 is 1.68 bits per heavy atom. The molecule has 2 N–H and O–H groups in total. The molecular weight excluding hydrogens is 432 g/mol. The molecule has 2 aromatic carbocycles. The predicted octanol–water partition coefficient (Wildman–Crippen LogP) is 3.76. The number of halogens is 2. The fourth-order valence-corrected chi connectivity index (χ4v) is 2.41. The van der Waals surface area contributed by atoms with Gasteiger partial charge in [0.25, 0.3) is 0 Å². The third-order valence-electron chi connectivity index (χ3n) is 3.67. The van der Waals surface area contributed by atoms with E-state index in [1.54, 1.807) is 27.1 Å². The number of benzene rings is 2.